The zero-order valence-electron chi connectivity index (χ0n) is 28.4. The molecule has 0 aromatic rings. The van der Waals surface area contributed by atoms with E-state index in [2.05, 4.69) is 154 Å². The smallest absolute Gasteiger partial charge is 0.121 e. The molecule has 0 bridgehead atoms. The third kappa shape index (κ3) is 8.91. The van der Waals surface area contributed by atoms with Crippen molar-refractivity contribution in [2.24, 2.45) is 10.8 Å². The molecule has 0 amide bonds. The molecule has 2 fully saturated rings. The Balaban J connectivity index is 1.50. The van der Waals surface area contributed by atoms with Crippen molar-refractivity contribution < 1.29 is 14.9 Å². The molecule has 1 aliphatic heterocycles. The van der Waals surface area contributed by atoms with E-state index in [9.17, 15) is 10.2 Å². The summed E-state index contributed by atoms with van der Waals surface area (Å²) < 4.78 is 6.25. The molecule has 1 saturated heterocycles. The van der Waals surface area contributed by atoms with Gasteiger partial charge in [-0.15, -0.1) is 0 Å². The van der Waals surface area contributed by atoms with Gasteiger partial charge in [-0.05, 0) is 77.9 Å². The minimum absolute atomic E-state index is 0.00262. The molecule has 4 atom stereocenters. The van der Waals surface area contributed by atoms with Crippen LogP contribution in [0.1, 0.15) is 94.9 Å². The minimum atomic E-state index is -0.291. The number of rotatable bonds is 10. The highest BCUT2D eigenvalue weighted by atomic mass is 16.6. The topological polar surface area (TPSA) is 53.0 Å². The van der Waals surface area contributed by atoms with Crippen LogP contribution in [0.15, 0.2) is 119 Å². The Kier molecular flexibility index (Phi) is 11.3. The maximum atomic E-state index is 10.2. The zero-order chi connectivity index (χ0) is 32.1. The molecule has 0 aromatic heterocycles. The van der Waals surface area contributed by atoms with Gasteiger partial charge < -0.3 is 14.9 Å². The predicted molar refractivity (Wildman–Crippen MR) is 184 cm³/mol. The first-order chi connectivity index (χ1) is 20.0. The predicted octanol–water partition coefficient (Wildman–Crippen LogP) is 9.76. The molecule has 2 N–H and O–H groups in total. The highest BCUT2D eigenvalue weighted by molar-refractivity contribution is 5.39. The van der Waals surface area contributed by atoms with Crippen LogP contribution in [0.4, 0.5) is 0 Å². The van der Waals surface area contributed by atoms with Gasteiger partial charge in [0.1, 0.15) is 11.2 Å². The number of fused-ring (bicyclic) bond motifs is 1. The summed E-state index contributed by atoms with van der Waals surface area (Å²) in [6.07, 6.45) is 32.3. The van der Waals surface area contributed by atoms with Gasteiger partial charge in [0, 0.05) is 11.8 Å². The van der Waals surface area contributed by atoms with Gasteiger partial charge in [0.05, 0.1) is 12.2 Å². The van der Waals surface area contributed by atoms with Crippen LogP contribution in [-0.2, 0) is 4.74 Å². The molecule has 234 valence electrons. The number of aliphatic hydroxyl groups excluding tert-OH is 2. The number of hydrogen-bond donors (Lipinski definition) is 2. The fourth-order valence-electron chi connectivity index (χ4n) is 7.06. The van der Waals surface area contributed by atoms with Crippen LogP contribution in [0.5, 0.6) is 0 Å². The standard InChI is InChI=1S/C40H56O3/c1-29(17-13-19-31(3)21-22-36-33(5)25-34(41)26-37(36,6)7)15-11-12-16-30(2)18-14-20-32(4)23-24-40-38(8,9)27-35(42)28-39(40,10)43-40/h11-24,34-35,41-42H,25-28H2,1-10H3/b12-11+,17-13+,18-14+,22-21+,24-23+,29-15+,30-16+,31-19+,32-20+/t34-,35+,39+,40-/m1/s1. The summed E-state index contributed by atoms with van der Waals surface area (Å²) >= 11 is 0. The van der Waals surface area contributed by atoms with Crippen molar-refractivity contribution in [3.05, 3.63) is 119 Å². The quantitative estimate of drug-likeness (QED) is 0.198. The molecule has 0 radical (unpaired) electrons. The van der Waals surface area contributed by atoms with Gasteiger partial charge in [-0.1, -0.05) is 135 Å². The van der Waals surface area contributed by atoms with Crippen molar-refractivity contribution in [3.63, 3.8) is 0 Å². The second kappa shape index (κ2) is 13.9. The van der Waals surface area contributed by atoms with Crippen molar-refractivity contribution in [1.82, 2.24) is 0 Å². The Morgan fingerprint density at radius 3 is 1.72 bits per heavy atom. The Morgan fingerprint density at radius 2 is 1.19 bits per heavy atom. The largest absolute Gasteiger partial charge is 0.393 e. The summed E-state index contributed by atoms with van der Waals surface area (Å²) in [6.45, 7) is 21.5. The first-order valence-corrected chi connectivity index (χ1v) is 15.9. The highest BCUT2D eigenvalue weighted by Gasteiger charge is 2.74. The summed E-state index contributed by atoms with van der Waals surface area (Å²) in [5, 5.41) is 20.4. The normalized spacial score (nSPS) is 32.3. The van der Waals surface area contributed by atoms with E-state index in [-0.39, 0.29) is 34.2 Å². The van der Waals surface area contributed by atoms with Gasteiger partial charge in [-0.3, -0.25) is 0 Å². The summed E-state index contributed by atoms with van der Waals surface area (Å²) in [5.74, 6) is 0. The lowest BCUT2D eigenvalue weighted by molar-refractivity contribution is 0.0515. The second-order valence-electron chi connectivity index (χ2n) is 14.6. The van der Waals surface area contributed by atoms with Gasteiger partial charge in [0.15, 0.2) is 0 Å². The average molecular weight is 585 g/mol. The van der Waals surface area contributed by atoms with E-state index in [4.69, 9.17) is 4.74 Å². The molecule has 1 saturated carbocycles. The Hall–Kier alpha value is -2.72. The van der Waals surface area contributed by atoms with Gasteiger partial charge in [0.2, 0.25) is 0 Å². The molecule has 0 aromatic carbocycles. The monoisotopic (exact) mass is 584 g/mol. The molecule has 0 spiro atoms. The molecule has 43 heavy (non-hydrogen) atoms. The van der Waals surface area contributed by atoms with E-state index in [1.54, 1.807) is 0 Å². The highest BCUT2D eigenvalue weighted by Crippen LogP contribution is 2.66. The van der Waals surface area contributed by atoms with Gasteiger partial charge in [0.25, 0.3) is 0 Å². The molecule has 0 unspecified atom stereocenters. The Morgan fingerprint density at radius 1 is 0.674 bits per heavy atom. The fourth-order valence-corrected chi connectivity index (χ4v) is 7.06. The summed E-state index contributed by atoms with van der Waals surface area (Å²) in [5.41, 5.74) is 6.71. The van der Waals surface area contributed by atoms with E-state index >= 15 is 0 Å². The summed E-state index contributed by atoms with van der Waals surface area (Å²) in [4.78, 5) is 0. The lowest BCUT2D eigenvalue weighted by Gasteiger charge is -2.39. The number of hydrogen-bond acceptors (Lipinski definition) is 3. The van der Waals surface area contributed by atoms with Crippen LogP contribution < -0.4 is 0 Å². The molecule has 3 rings (SSSR count). The van der Waals surface area contributed by atoms with E-state index in [0.717, 1.165) is 19.3 Å². The second-order valence-corrected chi connectivity index (χ2v) is 14.6. The first-order valence-electron chi connectivity index (χ1n) is 15.9. The number of aliphatic hydroxyl groups is 2. The maximum Gasteiger partial charge on any atom is 0.121 e. The van der Waals surface area contributed by atoms with Crippen molar-refractivity contribution in [3.8, 4) is 0 Å². The zero-order valence-corrected chi connectivity index (χ0v) is 28.4. The summed E-state index contributed by atoms with van der Waals surface area (Å²) in [6, 6.07) is 0. The van der Waals surface area contributed by atoms with E-state index in [0.29, 0.717) is 6.42 Å². The van der Waals surface area contributed by atoms with Crippen LogP contribution in [0.25, 0.3) is 0 Å². The lowest BCUT2D eigenvalue weighted by atomic mass is 9.63. The third-order valence-electron chi connectivity index (χ3n) is 9.34. The van der Waals surface area contributed by atoms with Crippen molar-refractivity contribution >= 4 is 0 Å². The van der Waals surface area contributed by atoms with Crippen LogP contribution in [0.3, 0.4) is 0 Å². The van der Waals surface area contributed by atoms with Crippen LogP contribution >= 0.6 is 0 Å². The SMILES string of the molecule is CC1=C(/C=C/C(C)=C/C=C/C(C)=C/C=C/C=C(C)/C=C/C=C(C)/C=C/[C@]23O[C@@]2(C)C[C@@H](O)CC3(C)C)C(C)(C)C[C@H](O)C1. The van der Waals surface area contributed by atoms with Crippen molar-refractivity contribution in [1.29, 1.82) is 0 Å². The third-order valence-corrected chi connectivity index (χ3v) is 9.34. The lowest BCUT2D eigenvalue weighted by Crippen LogP contribution is -2.46. The van der Waals surface area contributed by atoms with Crippen molar-refractivity contribution in [2.45, 2.75) is 118 Å². The fraction of sp³-hybridized carbons (Fsp3) is 0.500. The van der Waals surface area contributed by atoms with E-state index in [1.807, 2.05) is 0 Å². The number of epoxide rings is 1. The molecule has 1 heterocycles. The number of allylic oxidation sites excluding steroid dienone is 18. The van der Waals surface area contributed by atoms with E-state index in [1.165, 1.54) is 33.4 Å². The summed E-state index contributed by atoms with van der Waals surface area (Å²) in [7, 11) is 0. The molecular weight excluding hydrogens is 528 g/mol. The molecule has 3 nitrogen and oxygen atoms in total. The molecule has 3 heteroatoms. The van der Waals surface area contributed by atoms with Gasteiger partial charge in [-0.25, -0.2) is 0 Å². The number of ether oxygens (including phenoxy) is 1. The molecular formula is C40H56O3. The van der Waals surface area contributed by atoms with Crippen LogP contribution in [0.2, 0.25) is 0 Å². The van der Waals surface area contributed by atoms with E-state index < -0.39 is 0 Å². The van der Waals surface area contributed by atoms with Gasteiger partial charge >= 0.3 is 0 Å². The van der Waals surface area contributed by atoms with Crippen molar-refractivity contribution in [2.75, 3.05) is 0 Å². The molecule has 2 aliphatic carbocycles. The first kappa shape index (κ1) is 34.8. The minimum Gasteiger partial charge on any atom is -0.393 e. The Labute approximate surface area is 262 Å². The van der Waals surface area contributed by atoms with Gasteiger partial charge in [-0.2, -0.15) is 0 Å². The van der Waals surface area contributed by atoms with Crippen LogP contribution in [-0.4, -0.2) is 33.6 Å². The molecule has 3 aliphatic rings. The maximum absolute atomic E-state index is 10.2. The Bertz CT molecular complexity index is 1330. The van der Waals surface area contributed by atoms with Crippen LogP contribution in [0, 0.1) is 10.8 Å². The average Bonchev–Trinajstić information content (AvgIpc) is 3.49.